The Balaban J connectivity index is 2.16. The van der Waals surface area contributed by atoms with Crippen molar-refractivity contribution in [2.24, 2.45) is 0 Å². The quantitative estimate of drug-likeness (QED) is 0.332. The summed E-state index contributed by atoms with van der Waals surface area (Å²) < 4.78 is 5.22. The number of carbonyl (C=O) groups is 1. The number of methoxy groups -OCH3 is 1. The van der Waals surface area contributed by atoms with E-state index in [1.165, 1.54) is 7.11 Å². The Kier molecular flexibility index (Phi) is 5.50. The highest BCUT2D eigenvalue weighted by molar-refractivity contribution is 7.80. The van der Waals surface area contributed by atoms with Gasteiger partial charge in [-0.2, -0.15) is 0 Å². The number of carbonyl (C=O) groups excluding carboxylic acids is 1. The molecule has 2 rings (SSSR count). The number of para-hydroxylation sites is 1. The maximum atomic E-state index is 12.3. The van der Waals surface area contributed by atoms with Crippen LogP contribution in [0.4, 0.5) is 11.4 Å². The molecule has 0 unspecified atom stereocenters. The summed E-state index contributed by atoms with van der Waals surface area (Å²) in [6.07, 6.45) is 0. The number of non-ortho nitro benzene ring substituents is 1. The number of rotatable bonds is 4. The van der Waals surface area contributed by atoms with Gasteiger partial charge < -0.3 is 15.2 Å². The summed E-state index contributed by atoms with van der Waals surface area (Å²) in [6, 6.07) is 8.51. The Bertz CT molecular complexity index is 854. The molecular formula is C16H15N3O5S. The van der Waals surface area contributed by atoms with E-state index in [0.717, 1.165) is 23.8 Å². The number of phenolic OH excluding ortho intramolecular Hbond substituents is 1. The molecule has 0 fully saturated rings. The first-order chi connectivity index (χ1) is 11.8. The summed E-state index contributed by atoms with van der Waals surface area (Å²) in [5, 5.41) is 25.4. The van der Waals surface area contributed by atoms with Crippen molar-refractivity contribution in [3.63, 3.8) is 0 Å². The third-order valence-electron chi connectivity index (χ3n) is 3.33. The molecule has 1 amide bonds. The largest absolute Gasteiger partial charge is 0.506 e. The number of phenols is 1. The van der Waals surface area contributed by atoms with Crippen LogP contribution in [-0.2, 0) is 0 Å². The second-order valence-corrected chi connectivity index (χ2v) is 5.43. The lowest BCUT2D eigenvalue weighted by Crippen LogP contribution is -2.34. The van der Waals surface area contributed by atoms with Gasteiger partial charge in [-0.1, -0.05) is 12.1 Å². The summed E-state index contributed by atoms with van der Waals surface area (Å²) in [5.74, 6) is -0.334. The number of nitrogens with one attached hydrogen (secondary N) is 2. The summed E-state index contributed by atoms with van der Waals surface area (Å²) in [5.41, 5.74) is 0.853. The van der Waals surface area contributed by atoms with Crippen molar-refractivity contribution >= 4 is 34.6 Å². The number of thiocarbonyl (C=S) groups is 1. The van der Waals surface area contributed by atoms with Crippen LogP contribution in [0, 0.1) is 17.0 Å². The minimum atomic E-state index is -0.607. The number of amides is 1. The van der Waals surface area contributed by atoms with E-state index in [9.17, 15) is 20.0 Å². The average molecular weight is 361 g/mol. The van der Waals surface area contributed by atoms with Gasteiger partial charge in [-0.3, -0.25) is 20.2 Å². The van der Waals surface area contributed by atoms with Crippen LogP contribution in [0.1, 0.15) is 15.9 Å². The van der Waals surface area contributed by atoms with Crippen LogP contribution >= 0.6 is 12.2 Å². The molecule has 0 atom stereocenters. The summed E-state index contributed by atoms with van der Waals surface area (Å²) in [7, 11) is 1.46. The normalized spacial score (nSPS) is 10.0. The van der Waals surface area contributed by atoms with Crippen LogP contribution < -0.4 is 15.4 Å². The molecule has 8 nitrogen and oxygen atoms in total. The van der Waals surface area contributed by atoms with E-state index in [-0.39, 0.29) is 27.8 Å². The van der Waals surface area contributed by atoms with Gasteiger partial charge in [0.2, 0.25) is 0 Å². The molecule has 0 aliphatic carbocycles. The summed E-state index contributed by atoms with van der Waals surface area (Å²) in [6.45, 7) is 1.80. The number of aromatic hydroxyl groups is 1. The highest BCUT2D eigenvalue weighted by Gasteiger charge is 2.16. The zero-order valence-corrected chi connectivity index (χ0v) is 14.2. The second kappa shape index (κ2) is 7.58. The standard InChI is InChI=1S/C16H15N3O5S/c1-9-4-3-5-11(14(9)24-2)15(21)18-16(25)17-12-8-10(19(22)23)6-7-13(12)20/h3-8,20H,1-2H3,(H2,17,18,21,25). The zero-order chi connectivity index (χ0) is 18.6. The number of hydrogen-bond donors (Lipinski definition) is 3. The number of nitro groups is 1. The van der Waals surface area contributed by atoms with Gasteiger partial charge in [0.15, 0.2) is 5.11 Å². The monoisotopic (exact) mass is 361 g/mol. The molecular weight excluding hydrogens is 346 g/mol. The fourth-order valence-corrected chi connectivity index (χ4v) is 2.37. The fourth-order valence-electron chi connectivity index (χ4n) is 2.16. The molecule has 3 N–H and O–H groups in total. The zero-order valence-electron chi connectivity index (χ0n) is 13.4. The van der Waals surface area contributed by atoms with Crippen LogP contribution in [0.2, 0.25) is 0 Å². The summed E-state index contributed by atoms with van der Waals surface area (Å²) in [4.78, 5) is 22.5. The average Bonchev–Trinajstić information content (AvgIpc) is 2.56. The van der Waals surface area contributed by atoms with Gasteiger partial charge in [-0.05, 0) is 36.8 Å². The minimum absolute atomic E-state index is 0.00991. The van der Waals surface area contributed by atoms with E-state index in [1.807, 2.05) is 0 Å². The van der Waals surface area contributed by atoms with Crippen molar-refractivity contribution < 1.29 is 19.6 Å². The highest BCUT2D eigenvalue weighted by atomic mass is 32.1. The first-order valence-corrected chi connectivity index (χ1v) is 7.47. The molecule has 0 aromatic heterocycles. The first kappa shape index (κ1) is 18.1. The number of benzene rings is 2. The second-order valence-electron chi connectivity index (χ2n) is 5.02. The Hall–Kier alpha value is -3.20. The molecule has 0 heterocycles. The van der Waals surface area contributed by atoms with Crippen molar-refractivity contribution in [1.29, 1.82) is 0 Å². The lowest BCUT2D eigenvalue weighted by atomic mass is 10.1. The van der Waals surface area contributed by atoms with Crippen LogP contribution in [0.25, 0.3) is 0 Å². The Morgan fingerprint density at radius 3 is 2.68 bits per heavy atom. The number of hydrogen-bond acceptors (Lipinski definition) is 6. The molecule has 0 aliphatic heterocycles. The third kappa shape index (κ3) is 4.21. The minimum Gasteiger partial charge on any atom is -0.506 e. The van der Waals surface area contributed by atoms with Gasteiger partial charge >= 0.3 is 0 Å². The van der Waals surface area contributed by atoms with Crippen LogP contribution in [0.15, 0.2) is 36.4 Å². The number of nitrogens with zero attached hydrogens (tertiary/aromatic N) is 1. The van der Waals surface area contributed by atoms with Crippen LogP contribution in [0.5, 0.6) is 11.5 Å². The van der Waals surface area contributed by atoms with E-state index in [0.29, 0.717) is 5.75 Å². The highest BCUT2D eigenvalue weighted by Crippen LogP contribution is 2.28. The van der Waals surface area contributed by atoms with Gasteiger partial charge in [0.1, 0.15) is 11.5 Å². The van der Waals surface area contributed by atoms with Crippen molar-refractivity contribution in [2.75, 3.05) is 12.4 Å². The Labute approximate surface area is 148 Å². The number of anilines is 1. The molecule has 0 saturated heterocycles. The molecule has 0 radical (unpaired) electrons. The van der Waals surface area contributed by atoms with Crippen molar-refractivity contribution in [3.8, 4) is 11.5 Å². The van der Waals surface area contributed by atoms with Gasteiger partial charge in [0, 0.05) is 12.1 Å². The van der Waals surface area contributed by atoms with E-state index >= 15 is 0 Å². The number of nitro benzene ring substituents is 1. The molecule has 0 aliphatic rings. The van der Waals surface area contributed by atoms with E-state index in [1.54, 1.807) is 25.1 Å². The fraction of sp³-hybridized carbons (Fsp3) is 0.125. The number of aryl methyl sites for hydroxylation is 1. The predicted molar refractivity (Wildman–Crippen MR) is 96.2 cm³/mol. The lowest BCUT2D eigenvalue weighted by Gasteiger charge is -2.13. The molecule has 0 spiro atoms. The third-order valence-corrected chi connectivity index (χ3v) is 3.53. The van der Waals surface area contributed by atoms with E-state index in [4.69, 9.17) is 17.0 Å². The lowest BCUT2D eigenvalue weighted by molar-refractivity contribution is -0.384. The van der Waals surface area contributed by atoms with E-state index in [2.05, 4.69) is 10.6 Å². The smallest absolute Gasteiger partial charge is 0.271 e. The predicted octanol–water partition coefficient (Wildman–Crippen LogP) is 2.74. The molecule has 2 aromatic carbocycles. The first-order valence-electron chi connectivity index (χ1n) is 7.07. The van der Waals surface area contributed by atoms with Crippen LogP contribution in [-0.4, -0.2) is 28.2 Å². The summed E-state index contributed by atoms with van der Waals surface area (Å²) >= 11 is 5.03. The van der Waals surface area contributed by atoms with Crippen molar-refractivity contribution in [1.82, 2.24) is 5.32 Å². The molecule has 2 aromatic rings. The maximum absolute atomic E-state index is 12.3. The van der Waals surface area contributed by atoms with Gasteiger partial charge in [-0.15, -0.1) is 0 Å². The van der Waals surface area contributed by atoms with Gasteiger partial charge in [-0.25, -0.2) is 0 Å². The maximum Gasteiger partial charge on any atom is 0.271 e. The molecule has 0 bridgehead atoms. The van der Waals surface area contributed by atoms with Gasteiger partial charge in [0.05, 0.1) is 23.3 Å². The Morgan fingerprint density at radius 2 is 2.04 bits per heavy atom. The Morgan fingerprint density at radius 1 is 1.32 bits per heavy atom. The van der Waals surface area contributed by atoms with Gasteiger partial charge in [0.25, 0.3) is 11.6 Å². The van der Waals surface area contributed by atoms with E-state index < -0.39 is 10.8 Å². The molecule has 0 saturated carbocycles. The molecule has 9 heteroatoms. The SMILES string of the molecule is COc1c(C)cccc1C(=O)NC(=S)Nc1cc([N+](=O)[O-])ccc1O. The topological polar surface area (TPSA) is 114 Å². The van der Waals surface area contributed by atoms with Crippen LogP contribution in [0.3, 0.4) is 0 Å². The molecule has 130 valence electrons. The molecule has 25 heavy (non-hydrogen) atoms. The van der Waals surface area contributed by atoms with Crippen molar-refractivity contribution in [2.45, 2.75) is 6.92 Å². The van der Waals surface area contributed by atoms with Crippen molar-refractivity contribution in [3.05, 3.63) is 57.6 Å². The number of ether oxygens (including phenoxy) is 1.